The lowest BCUT2D eigenvalue weighted by Gasteiger charge is -2.24. The van der Waals surface area contributed by atoms with Crippen molar-refractivity contribution in [2.75, 3.05) is 26.8 Å². The summed E-state index contributed by atoms with van der Waals surface area (Å²) in [4.78, 5) is 14.0. The molecule has 3 N–H and O–H groups in total. The third-order valence-corrected chi connectivity index (χ3v) is 3.71. The molecule has 0 aromatic heterocycles. The van der Waals surface area contributed by atoms with Crippen LogP contribution in [0.15, 0.2) is 24.3 Å². The van der Waals surface area contributed by atoms with Crippen LogP contribution in [0.1, 0.15) is 24.0 Å². The average Bonchev–Trinajstić information content (AvgIpc) is 2.48. The van der Waals surface area contributed by atoms with Crippen LogP contribution in [-0.4, -0.2) is 43.7 Å². The quantitative estimate of drug-likeness (QED) is 0.816. The van der Waals surface area contributed by atoms with Crippen molar-refractivity contribution in [3.8, 4) is 0 Å². The zero-order chi connectivity index (χ0) is 15.1. The van der Waals surface area contributed by atoms with E-state index in [4.69, 9.17) is 10.5 Å². The van der Waals surface area contributed by atoms with Crippen LogP contribution in [0.5, 0.6) is 0 Å². The molecule has 1 aliphatic heterocycles. The van der Waals surface area contributed by atoms with Crippen LogP contribution in [0.25, 0.3) is 0 Å². The maximum atomic E-state index is 12.0. The molecule has 116 valence electrons. The van der Waals surface area contributed by atoms with E-state index in [0.29, 0.717) is 13.1 Å². The minimum absolute atomic E-state index is 0.0861. The molecule has 1 aliphatic rings. The van der Waals surface area contributed by atoms with Crippen molar-refractivity contribution in [2.45, 2.75) is 32.0 Å². The first kappa shape index (κ1) is 15.9. The lowest BCUT2D eigenvalue weighted by molar-refractivity contribution is -0.123. The minimum Gasteiger partial charge on any atom is -0.381 e. The number of carbonyl (C=O) groups excluding carboxylic acids is 1. The third kappa shape index (κ3) is 5.46. The molecule has 2 rings (SSSR count). The van der Waals surface area contributed by atoms with Gasteiger partial charge in [0.2, 0.25) is 5.91 Å². The molecule has 1 aromatic carbocycles. The minimum atomic E-state index is 0.0861. The smallest absolute Gasteiger partial charge is 0.234 e. The molecule has 0 saturated carbocycles. The first-order valence-corrected chi connectivity index (χ1v) is 7.51. The fraction of sp³-hybridized carbons (Fsp3) is 0.562. The van der Waals surface area contributed by atoms with E-state index in [1.807, 2.05) is 24.1 Å². The number of likely N-dealkylation sites (N-methyl/N-ethyl adjacent to an activating group) is 1. The van der Waals surface area contributed by atoms with E-state index in [1.165, 1.54) is 5.56 Å². The number of nitrogens with zero attached hydrogens (tertiary/aromatic N) is 1. The number of carbonyl (C=O) groups is 1. The van der Waals surface area contributed by atoms with Gasteiger partial charge in [-0.3, -0.25) is 9.69 Å². The number of nitrogens with one attached hydrogen (secondary N) is 1. The summed E-state index contributed by atoms with van der Waals surface area (Å²) in [6.07, 6.45) is 1.83. The van der Waals surface area contributed by atoms with Crippen LogP contribution in [0.3, 0.4) is 0 Å². The van der Waals surface area contributed by atoms with Crippen LogP contribution >= 0.6 is 0 Å². The molecule has 0 atom stereocenters. The van der Waals surface area contributed by atoms with Gasteiger partial charge in [-0.05, 0) is 31.0 Å². The van der Waals surface area contributed by atoms with Crippen LogP contribution in [0, 0.1) is 0 Å². The Morgan fingerprint density at radius 2 is 1.90 bits per heavy atom. The fourth-order valence-corrected chi connectivity index (χ4v) is 2.51. The number of hydrogen-bond acceptors (Lipinski definition) is 4. The summed E-state index contributed by atoms with van der Waals surface area (Å²) in [5.41, 5.74) is 7.90. The van der Waals surface area contributed by atoms with Crippen LogP contribution in [0.2, 0.25) is 0 Å². The molecule has 0 aliphatic carbocycles. The maximum Gasteiger partial charge on any atom is 0.234 e. The highest BCUT2D eigenvalue weighted by atomic mass is 16.5. The van der Waals surface area contributed by atoms with E-state index >= 15 is 0 Å². The Bertz CT molecular complexity index is 441. The van der Waals surface area contributed by atoms with Crippen LogP contribution in [-0.2, 0) is 22.6 Å². The number of rotatable bonds is 6. The molecule has 1 fully saturated rings. The fourth-order valence-electron chi connectivity index (χ4n) is 2.51. The van der Waals surface area contributed by atoms with Crippen molar-refractivity contribution >= 4 is 5.91 Å². The lowest BCUT2D eigenvalue weighted by atomic mass is 10.1. The summed E-state index contributed by atoms with van der Waals surface area (Å²) in [7, 11) is 1.96. The summed E-state index contributed by atoms with van der Waals surface area (Å²) >= 11 is 0. The van der Waals surface area contributed by atoms with Gasteiger partial charge >= 0.3 is 0 Å². The Kier molecular flexibility index (Phi) is 6.17. The Morgan fingerprint density at radius 1 is 1.29 bits per heavy atom. The first-order chi connectivity index (χ1) is 10.2. The van der Waals surface area contributed by atoms with Gasteiger partial charge in [0.15, 0.2) is 0 Å². The summed E-state index contributed by atoms with van der Waals surface area (Å²) in [6.45, 7) is 3.22. The molecule has 1 amide bonds. The van der Waals surface area contributed by atoms with Gasteiger partial charge in [0.05, 0.1) is 6.54 Å². The number of benzene rings is 1. The highest BCUT2D eigenvalue weighted by Gasteiger charge is 2.16. The normalized spacial score (nSPS) is 16.1. The second kappa shape index (κ2) is 8.12. The molecule has 1 saturated heterocycles. The zero-order valence-corrected chi connectivity index (χ0v) is 12.7. The topological polar surface area (TPSA) is 67.6 Å². The van der Waals surface area contributed by atoms with E-state index < -0.39 is 0 Å². The zero-order valence-electron chi connectivity index (χ0n) is 12.7. The second-order valence-corrected chi connectivity index (χ2v) is 5.65. The van der Waals surface area contributed by atoms with Gasteiger partial charge in [0.1, 0.15) is 0 Å². The van der Waals surface area contributed by atoms with Crippen LogP contribution < -0.4 is 11.1 Å². The molecule has 0 unspecified atom stereocenters. The Morgan fingerprint density at radius 3 is 2.52 bits per heavy atom. The Balaban J connectivity index is 1.74. The van der Waals surface area contributed by atoms with E-state index in [-0.39, 0.29) is 11.9 Å². The molecule has 1 heterocycles. The number of hydrogen-bond donors (Lipinski definition) is 2. The summed E-state index contributed by atoms with van der Waals surface area (Å²) in [5.74, 6) is 0.0861. The van der Waals surface area contributed by atoms with E-state index in [9.17, 15) is 4.79 Å². The largest absolute Gasteiger partial charge is 0.381 e. The van der Waals surface area contributed by atoms with Gasteiger partial charge in [0.25, 0.3) is 0 Å². The number of amides is 1. The van der Waals surface area contributed by atoms with Crippen molar-refractivity contribution in [2.24, 2.45) is 5.73 Å². The van der Waals surface area contributed by atoms with Crippen molar-refractivity contribution in [3.05, 3.63) is 35.4 Å². The SMILES string of the molecule is CN(CC(=O)NC1CCOCC1)Cc1ccc(CN)cc1. The summed E-state index contributed by atoms with van der Waals surface area (Å²) in [5, 5.41) is 3.08. The summed E-state index contributed by atoms with van der Waals surface area (Å²) in [6, 6.07) is 8.46. The number of ether oxygens (including phenoxy) is 1. The molecule has 5 nitrogen and oxygen atoms in total. The van der Waals surface area contributed by atoms with Gasteiger partial charge in [-0.25, -0.2) is 0 Å². The van der Waals surface area contributed by atoms with Crippen molar-refractivity contribution in [3.63, 3.8) is 0 Å². The molecule has 21 heavy (non-hydrogen) atoms. The predicted octanol–water partition coefficient (Wildman–Crippen LogP) is 0.872. The molecular weight excluding hydrogens is 266 g/mol. The molecule has 0 spiro atoms. The van der Waals surface area contributed by atoms with Crippen molar-refractivity contribution in [1.82, 2.24) is 10.2 Å². The Labute approximate surface area is 126 Å². The maximum absolute atomic E-state index is 12.0. The lowest BCUT2D eigenvalue weighted by Crippen LogP contribution is -2.43. The second-order valence-electron chi connectivity index (χ2n) is 5.65. The number of nitrogens with two attached hydrogens (primary N) is 1. The summed E-state index contributed by atoms with van der Waals surface area (Å²) < 4.78 is 5.29. The van der Waals surface area contributed by atoms with Gasteiger partial charge in [-0.1, -0.05) is 24.3 Å². The Hall–Kier alpha value is -1.43. The molecule has 0 radical (unpaired) electrons. The predicted molar refractivity (Wildman–Crippen MR) is 82.7 cm³/mol. The van der Waals surface area contributed by atoms with E-state index in [0.717, 1.165) is 38.2 Å². The van der Waals surface area contributed by atoms with Crippen LogP contribution in [0.4, 0.5) is 0 Å². The van der Waals surface area contributed by atoms with Crippen molar-refractivity contribution in [1.29, 1.82) is 0 Å². The standard InChI is InChI=1S/C16H25N3O2/c1-19(11-14-4-2-13(10-17)3-5-14)12-16(20)18-15-6-8-21-9-7-15/h2-5,15H,6-12,17H2,1H3,(H,18,20). The van der Waals surface area contributed by atoms with Gasteiger partial charge in [-0.15, -0.1) is 0 Å². The van der Waals surface area contributed by atoms with E-state index in [2.05, 4.69) is 17.4 Å². The molecule has 1 aromatic rings. The van der Waals surface area contributed by atoms with Gasteiger partial charge < -0.3 is 15.8 Å². The third-order valence-electron chi connectivity index (χ3n) is 3.71. The van der Waals surface area contributed by atoms with Gasteiger partial charge in [-0.2, -0.15) is 0 Å². The van der Waals surface area contributed by atoms with E-state index in [1.54, 1.807) is 0 Å². The molecular formula is C16H25N3O2. The molecule has 0 bridgehead atoms. The first-order valence-electron chi connectivity index (χ1n) is 7.51. The average molecular weight is 291 g/mol. The highest BCUT2D eigenvalue weighted by Crippen LogP contribution is 2.08. The highest BCUT2D eigenvalue weighted by molar-refractivity contribution is 5.78. The monoisotopic (exact) mass is 291 g/mol. The van der Waals surface area contributed by atoms with Crippen molar-refractivity contribution < 1.29 is 9.53 Å². The molecule has 5 heteroatoms. The van der Waals surface area contributed by atoms with Gasteiger partial charge in [0, 0.05) is 32.3 Å².